The lowest BCUT2D eigenvalue weighted by atomic mass is 10.3. The molecule has 0 saturated carbocycles. The van der Waals surface area contributed by atoms with Gasteiger partial charge in [0.05, 0.1) is 18.8 Å². The molecule has 0 aliphatic carbocycles. The van der Waals surface area contributed by atoms with Gasteiger partial charge < -0.3 is 19.9 Å². The molecule has 2 amide bonds. The Labute approximate surface area is 189 Å². The normalized spacial score (nSPS) is 10.5. The van der Waals surface area contributed by atoms with Gasteiger partial charge in [-0.2, -0.15) is 0 Å². The summed E-state index contributed by atoms with van der Waals surface area (Å²) in [6.07, 6.45) is 0.0615. The number of rotatable bonds is 9. The maximum atomic E-state index is 12.3. The lowest BCUT2D eigenvalue weighted by molar-refractivity contribution is -0.116. The number of thioether (sulfide) groups is 1. The molecule has 2 aromatic carbocycles. The molecule has 2 N–H and O–H groups in total. The van der Waals surface area contributed by atoms with E-state index in [1.807, 2.05) is 6.92 Å². The van der Waals surface area contributed by atoms with E-state index in [0.717, 1.165) is 5.75 Å². The minimum Gasteiger partial charge on any atom is -0.494 e. The number of nitrogens with one attached hydrogen (secondary N) is 2. The third-order valence-corrected chi connectivity index (χ3v) is 5.39. The molecule has 0 fully saturated rings. The number of amides is 2. The van der Waals surface area contributed by atoms with E-state index in [-0.39, 0.29) is 24.0 Å². The van der Waals surface area contributed by atoms with Crippen molar-refractivity contribution in [3.63, 3.8) is 0 Å². The summed E-state index contributed by atoms with van der Waals surface area (Å²) in [5.74, 6) is 0.993. The average Bonchev–Trinajstić information content (AvgIpc) is 3.07. The molecule has 1 aromatic heterocycles. The van der Waals surface area contributed by atoms with Crippen molar-refractivity contribution in [2.75, 3.05) is 23.0 Å². The van der Waals surface area contributed by atoms with Crippen LogP contribution in [0.25, 0.3) is 0 Å². The van der Waals surface area contributed by atoms with E-state index in [2.05, 4.69) is 20.8 Å². The number of aromatic nitrogens is 3. The first-order chi connectivity index (χ1) is 14.9. The van der Waals surface area contributed by atoms with Gasteiger partial charge in [-0.15, -0.1) is 10.2 Å². The lowest BCUT2D eigenvalue weighted by Gasteiger charge is -2.08. The summed E-state index contributed by atoms with van der Waals surface area (Å²) in [7, 11) is 1.76. The molecule has 0 spiro atoms. The highest BCUT2D eigenvalue weighted by molar-refractivity contribution is 7.99. The van der Waals surface area contributed by atoms with Gasteiger partial charge in [0.25, 0.3) is 0 Å². The number of hydrogen-bond acceptors (Lipinski definition) is 6. The Kier molecular flexibility index (Phi) is 7.91. The molecule has 0 unspecified atom stereocenters. The van der Waals surface area contributed by atoms with Crippen molar-refractivity contribution < 1.29 is 14.3 Å². The molecule has 10 heteroatoms. The molecule has 31 heavy (non-hydrogen) atoms. The Morgan fingerprint density at radius 1 is 1.06 bits per heavy atom. The molecule has 1 heterocycles. The minimum absolute atomic E-state index is 0.0615. The van der Waals surface area contributed by atoms with Crippen molar-refractivity contribution in [1.29, 1.82) is 0 Å². The molecular weight excluding hydrogens is 438 g/mol. The van der Waals surface area contributed by atoms with Gasteiger partial charge in [-0.3, -0.25) is 9.59 Å². The quantitative estimate of drug-likeness (QED) is 0.472. The van der Waals surface area contributed by atoms with Crippen molar-refractivity contribution in [3.05, 3.63) is 59.4 Å². The predicted molar refractivity (Wildman–Crippen MR) is 122 cm³/mol. The molecule has 0 atom stereocenters. The maximum absolute atomic E-state index is 12.3. The summed E-state index contributed by atoms with van der Waals surface area (Å²) >= 11 is 7.16. The van der Waals surface area contributed by atoms with E-state index in [4.69, 9.17) is 16.3 Å². The number of benzene rings is 2. The van der Waals surface area contributed by atoms with Gasteiger partial charge in [0.1, 0.15) is 11.6 Å². The first-order valence-corrected chi connectivity index (χ1v) is 10.9. The molecule has 0 aliphatic heterocycles. The number of hydrogen-bond donors (Lipinski definition) is 2. The molecule has 162 valence electrons. The molecule has 3 aromatic rings. The summed E-state index contributed by atoms with van der Waals surface area (Å²) in [4.78, 5) is 24.5. The van der Waals surface area contributed by atoms with Crippen LogP contribution in [-0.2, 0) is 23.1 Å². The highest BCUT2D eigenvalue weighted by Crippen LogP contribution is 2.19. The van der Waals surface area contributed by atoms with Crippen LogP contribution in [0.4, 0.5) is 11.4 Å². The zero-order chi connectivity index (χ0) is 22.2. The fourth-order valence-corrected chi connectivity index (χ4v) is 3.59. The molecule has 3 rings (SSSR count). The van der Waals surface area contributed by atoms with Crippen LogP contribution in [0.5, 0.6) is 5.75 Å². The van der Waals surface area contributed by atoms with Crippen molar-refractivity contribution in [3.8, 4) is 5.75 Å². The number of nitrogens with zero attached hydrogens (tertiary/aromatic N) is 3. The third-order valence-electron chi connectivity index (χ3n) is 4.13. The molecule has 0 bridgehead atoms. The SMILES string of the molecule is CCOc1ccc(NC(=O)Cc2nnc(SCC(=O)Nc3cccc(Cl)c3)n2C)cc1. The van der Waals surface area contributed by atoms with Crippen molar-refractivity contribution >= 4 is 46.6 Å². The van der Waals surface area contributed by atoms with Crippen molar-refractivity contribution in [1.82, 2.24) is 14.8 Å². The van der Waals surface area contributed by atoms with Gasteiger partial charge in [0.15, 0.2) is 5.16 Å². The number of carbonyl (C=O) groups is 2. The van der Waals surface area contributed by atoms with Crippen LogP contribution in [0.2, 0.25) is 5.02 Å². The van der Waals surface area contributed by atoms with Crippen LogP contribution in [0.1, 0.15) is 12.7 Å². The topological polar surface area (TPSA) is 98.1 Å². The first-order valence-electron chi connectivity index (χ1n) is 9.53. The third kappa shape index (κ3) is 6.73. The van der Waals surface area contributed by atoms with Crippen LogP contribution in [-0.4, -0.2) is 38.9 Å². The van der Waals surface area contributed by atoms with E-state index in [0.29, 0.717) is 34.0 Å². The summed E-state index contributed by atoms with van der Waals surface area (Å²) in [6, 6.07) is 14.1. The van der Waals surface area contributed by atoms with Gasteiger partial charge >= 0.3 is 0 Å². The number of ether oxygens (including phenoxy) is 1. The van der Waals surface area contributed by atoms with Crippen molar-refractivity contribution in [2.45, 2.75) is 18.5 Å². The Bertz CT molecular complexity index is 1060. The number of anilines is 2. The highest BCUT2D eigenvalue weighted by Gasteiger charge is 2.15. The zero-order valence-corrected chi connectivity index (χ0v) is 18.7. The fraction of sp³-hybridized carbons (Fsp3) is 0.238. The second-order valence-electron chi connectivity index (χ2n) is 6.49. The molecule has 0 saturated heterocycles. The van der Waals surface area contributed by atoms with E-state index in [1.54, 1.807) is 60.1 Å². The van der Waals surface area contributed by atoms with Gasteiger partial charge in [-0.25, -0.2) is 0 Å². The largest absolute Gasteiger partial charge is 0.494 e. The second kappa shape index (κ2) is 10.8. The van der Waals surface area contributed by atoms with Crippen LogP contribution in [0.3, 0.4) is 0 Å². The van der Waals surface area contributed by atoms with Gasteiger partial charge in [-0.1, -0.05) is 29.4 Å². The van der Waals surface area contributed by atoms with Crippen LogP contribution in [0, 0.1) is 0 Å². The summed E-state index contributed by atoms with van der Waals surface area (Å²) in [5, 5.41) is 14.8. The fourth-order valence-electron chi connectivity index (χ4n) is 2.67. The number of carbonyl (C=O) groups excluding carboxylic acids is 2. The van der Waals surface area contributed by atoms with Crippen LogP contribution < -0.4 is 15.4 Å². The standard InChI is InChI=1S/C21H22ClN5O3S/c1-3-30-17-9-7-15(8-10-17)23-19(28)12-18-25-26-21(27(18)2)31-13-20(29)24-16-6-4-5-14(22)11-16/h4-11H,3,12-13H2,1-2H3,(H,23,28)(H,24,29). The summed E-state index contributed by atoms with van der Waals surface area (Å²) in [6.45, 7) is 2.50. The zero-order valence-electron chi connectivity index (χ0n) is 17.1. The lowest BCUT2D eigenvalue weighted by Crippen LogP contribution is -2.17. The van der Waals surface area contributed by atoms with E-state index < -0.39 is 0 Å². The highest BCUT2D eigenvalue weighted by atomic mass is 35.5. The first kappa shape index (κ1) is 22.6. The molecule has 0 aliphatic rings. The van der Waals surface area contributed by atoms with E-state index >= 15 is 0 Å². The maximum Gasteiger partial charge on any atom is 0.234 e. The van der Waals surface area contributed by atoms with E-state index in [1.165, 1.54) is 11.8 Å². The Hall–Kier alpha value is -3.04. The van der Waals surface area contributed by atoms with Crippen LogP contribution in [0.15, 0.2) is 53.7 Å². The van der Waals surface area contributed by atoms with Gasteiger partial charge in [-0.05, 0) is 49.4 Å². The van der Waals surface area contributed by atoms with Crippen LogP contribution >= 0.6 is 23.4 Å². The number of halogens is 1. The predicted octanol–water partition coefficient (Wildman–Crippen LogP) is 3.78. The Morgan fingerprint density at radius 3 is 2.52 bits per heavy atom. The smallest absolute Gasteiger partial charge is 0.234 e. The monoisotopic (exact) mass is 459 g/mol. The van der Waals surface area contributed by atoms with Crippen molar-refractivity contribution in [2.24, 2.45) is 7.05 Å². The molecular formula is C21H22ClN5O3S. The minimum atomic E-state index is -0.213. The van der Waals surface area contributed by atoms with Gasteiger partial charge in [0, 0.05) is 23.4 Å². The Balaban J connectivity index is 1.51. The average molecular weight is 460 g/mol. The Morgan fingerprint density at radius 2 is 1.81 bits per heavy atom. The second-order valence-corrected chi connectivity index (χ2v) is 7.87. The summed E-state index contributed by atoms with van der Waals surface area (Å²) < 4.78 is 7.09. The molecule has 0 radical (unpaired) electrons. The molecule has 8 nitrogen and oxygen atoms in total. The van der Waals surface area contributed by atoms with E-state index in [9.17, 15) is 9.59 Å². The summed E-state index contributed by atoms with van der Waals surface area (Å²) in [5.41, 5.74) is 1.30. The van der Waals surface area contributed by atoms with Gasteiger partial charge in [0.2, 0.25) is 11.8 Å².